The highest BCUT2D eigenvalue weighted by Gasteiger charge is 2.44. The van der Waals surface area contributed by atoms with Crippen molar-refractivity contribution in [2.24, 2.45) is 0 Å². The van der Waals surface area contributed by atoms with Crippen LogP contribution in [0.3, 0.4) is 0 Å². The maximum Gasteiger partial charge on any atom is 0.189 e. The van der Waals surface area contributed by atoms with Gasteiger partial charge in [-0.25, -0.2) is 0 Å². The van der Waals surface area contributed by atoms with Crippen molar-refractivity contribution in [3.63, 3.8) is 0 Å². The second kappa shape index (κ2) is 9.52. The third-order valence-corrected chi connectivity index (χ3v) is 8.24. The van der Waals surface area contributed by atoms with Gasteiger partial charge in [0.2, 0.25) is 0 Å². The van der Waals surface area contributed by atoms with Crippen molar-refractivity contribution in [2.45, 2.75) is 0 Å². The van der Waals surface area contributed by atoms with Crippen LogP contribution in [0.25, 0.3) is 0 Å². The summed E-state index contributed by atoms with van der Waals surface area (Å²) in [6, 6.07) is 42.4. The first-order chi connectivity index (χ1) is 13.4. The molecule has 136 valence electrons. The molecule has 0 amide bonds. The third kappa shape index (κ3) is 4.10. The first kappa shape index (κ1) is 20.1. The highest BCUT2D eigenvalue weighted by molar-refractivity contribution is 7.99. The number of rotatable bonds is 3. The Kier molecular flexibility index (Phi) is 6.83. The van der Waals surface area contributed by atoms with Gasteiger partial charge >= 0.3 is 0 Å². The van der Waals surface area contributed by atoms with Crippen LogP contribution < -0.4 is 32.9 Å². The highest BCUT2D eigenvalue weighted by Crippen LogP contribution is 2.54. The van der Waals surface area contributed by atoms with E-state index >= 15 is 0 Å². The molecule has 0 aromatic heterocycles. The zero-order chi connectivity index (χ0) is 18.4. The lowest BCUT2D eigenvalue weighted by Gasteiger charge is -2.21. The molecule has 4 aromatic carbocycles. The van der Waals surface area contributed by atoms with Gasteiger partial charge in [0.25, 0.3) is 0 Å². The Morgan fingerprint density at radius 1 is 0.429 bits per heavy atom. The van der Waals surface area contributed by atoms with Crippen molar-refractivity contribution in [3.8, 4) is 11.6 Å². The Balaban J connectivity index is 0.00000225. The molecule has 4 rings (SSSR count). The molecule has 28 heavy (non-hydrogen) atoms. The van der Waals surface area contributed by atoms with E-state index in [9.17, 15) is 0 Å². The van der Waals surface area contributed by atoms with Crippen LogP contribution in [-0.2, 0) is 0 Å². The first-order valence-corrected chi connectivity index (χ1v) is 10.8. The summed E-state index contributed by atoms with van der Waals surface area (Å²) in [5, 5.41) is 3.85. The zero-order valence-corrected chi connectivity index (χ0v) is 17.9. The van der Waals surface area contributed by atoms with Crippen LogP contribution in [0, 0.1) is 11.6 Å². The fourth-order valence-corrected chi connectivity index (χ4v) is 6.70. The Morgan fingerprint density at radius 3 is 1.11 bits per heavy atom. The van der Waals surface area contributed by atoms with Gasteiger partial charge in [0, 0.05) is 5.56 Å². The van der Waals surface area contributed by atoms with Gasteiger partial charge in [-0.2, -0.15) is 0 Å². The van der Waals surface area contributed by atoms with Gasteiger partial charge in [0.15, 0.2) is 7.26 Å². The molecule has 0 heterocycles. The maximum absolute atomic E-state index is 3.76. The fourth-order valence-electron chi connectivity index (χ4n) is 3.27. The second-order valence-electron chi connectivity index (χ2n) is 6.28. The molecule has 0 N–H and O–H groups in total. The molecule has 0 nitrogen and oxygen atoms in total. The summed E-state index contributed by atoms with van der Waals surface area (Å²) >= 11 is 0. The summed E-state index contributed by atoms with van der Waals surface area (Å²) in [5.74, 6) is 3.48. The third-order valence-electron chi connectivity index (χ3n) is 4.57. The van der Waals surface area contributed by atoms with E-state index in [-0.39, 0.29) is 17.0 Å². The predicted molar refractivity (Wildman–Crippen MR) is 118 cm³/mol. The van der Waals surface area contributed by atoms with Crippen molar-refractivity contribution < 1.29 is 17.0 Å². The van der Waals surface area contributed by atoms with Gasteiger partial charge in [-0.1, -0.05) is 72.8 Å². The monoisotopic (exact) mass is 442 g/mol. The quantitative estimate of drug-likeness (QED) is 0.336. The van der Waals surface area contributed by atoms with E-state index in [0.717, 1.165) is 5.56 Å². The fraction of sp³-hybridized carbons (Fsp3) is 0. The van der Waals surface area contributed by atoms with Crippen molar-refractivity contribution in [1.82, 2.24) is 0 Å². The average Bonchev–Trinajstić information content (AvgIpc) is 2.77. The summed E-state index contributed by atoms with van der Waals surface area (Å²) < 4.78 is 0. The topological polar surface area (TPSA) is 0 Å². The zero-order valence-electron chi connectivity index (χ0n) is 15.4. The predicted octanol–water partition coefficient (Wildman–Crippen LogP) is 1.99. The molecule has 0 unspecified atom stereocenters. The standard InChI is InChI=1S/C26H20P.BrH/c1-5-13-23(14-6-1)21-22-27(24-15-7-2-8-16-24,25-17-9-3-10-18-25)26-19-11-4-12-20-26;/h1-20H;1H/q+1;/p-1. The van der Waals surface area contributed by atoms with E-state index in [4.69, 9.17) is 0 Å². The summed E-state index contributed by atoms with van der Waals surface area (Å²) in [6.45, 7) is 0. The average molecular weight is 443 g/mol. The van der Waals surface area contributed by atoms with Gasteiger partial charge in [-0.15, -0.1) is 0 Å². The number of benzene rings is 4. The van der Waals surface area contributed by atoms with Gasteiger partial charge in [0.05, 0.1) is 5.66 Å². The minimum atomic E-state index is -2.08. The van der Waals surface area contributed by atoms with Crippen LogP contribution in [0.5, 0.6) is 0 Å². The van der Waals surface area contributed by atoms with Crippen LogP contribution in [0.4, 0.5) is 0 Å². The van der Waals surface area contributed by atoms with E-state index in [1.165, 1.54) is 15.9 Å². The molecule has 0 saturated carbocycles. The molecule has 0 bridgehead atoms. The number of halogens is 1. The van der Waals surface area contributed by atoms with Crippen LogP contribution >= 0.6 is 7.26 Å². The lowest BCUT2D eigenvalue weighted by molar-refractivity contribution is -0.00000512. The van der Waals surface area contributed by atoms with Crippen molar-refractivity contribution in [1.29, 1.82) is 0 Å². The molecule has 0 spiro atoms. The smallest absolute Gasteiger partial charge is 0.189 e. The molecular formula is C26H20BrP. The van der Waals surface area contributed by atoms with Gasteiger partial charge in [-0.05, 0) is 54.5 Å². The van der Waals surface area contributed by atoms with Gasteiger partial charge in [0.1, 0.15) is 15.9 Å². The van der Waals surface area contributed by atoms with Crippen LogP contribution in [0.1, 0.15) is 5.56 Å². The van der Waals surface area contributed by atoms with E-state index in [0.29, 0.717) is 0 Å². The SMILES string of the molecule is C(#C[P+](c1ccccc1)(c1ccccc1)c1ccccc1)c1ccccc1.[Br-]. The van der Waals surface area contributed by atoms with Gasteiger partial charge in [-0.3, -0.25) is 0 Å². The van der Waals surface area contributed by atoms with Crippen LogP contribution in [-0.4, -0.2) is 0 Å². The van der Waals surface area contributed by atoms with Crippen LogP contribution in [0.15, 0.2) is 121 Å². The number of hydrogen-bond acceptors (Lipinski definition) is 0. The summed E-state index contributed by atoms with van der Waals surface area (Å²) in [4.78, 5) is 0. The molecule has 0 saturated heterocycles. The summed E-state index contributed by atoms with van der Waals surface area (Å²) in [5.41, 5.74) is 4.81. The first-order valence-electron chi connectivity index (χ1n) is 9.04. The molecule has 2 heteroatoms. The summed E-state index contributed by atoms with van der Waals surface area (Å²) in [6.07, 6.45) is 0. The summed E-state index contributed by atoms with van der Waals surface area (Å²) in [7, 11) is -2.08. The van der Waals surface area contributed by atoms with E-state index < -0.39 is 7.26 Å². The Bertz CT molecular complexity index is 954. The molecule has 0 atom stereocenters. The van der Waals surface area contributed by atoms with E-state index in [2.05, 4.69) is 115 Å². The molecule has 0 aliphatic rings. The Hall–Kier alpha value is -2.65. The molecule has 0 aliphatic carbocycles. The highest BCUT2D eigenvalue weighted by atomic mass is 79.9. The molecule has 0 aliphatic heterocycles. The normalized spacial score (nSPS) is 10.3. The number of hydrogen-bond donors (Lipinski definition) is 0. The van der Waals surface area contributed by atoms with Crippen LogP contribution in [0.2, 0.25) is 0 Å². The lowest BCUT2D eigenvalue weighted by atomic mass is 10.2. The lowest BCUT2D eigenvalue weighted by Crippen LogP contribution is -3.00. The van der Waals surface area contributed by atoms with E-state index in [1.807, 2.05) is 18.2 Å². The van der Waals surface area contributed by atoms with Gasteiger partial charge < -0.3 is 17.0 Å². The van der Waals surface area contributed by atoms with Crippen molar-refractivity contribution in [2.75, 3.05) is 0 Å². The van der Waals surface area contributed by atoms with Crippen molar-refractivity contribution in [3.05, 3.63) is 127 Å². The minimum Gasteiger partial charge on any atom is -1.00 e. The Labute approximate surface area is 178 Å². The largest absolute Gasteiger partial charge is 1.00 e. The molecule has 4 aromatic rings. The second-order valence-corrected chi connectivity index (χ2v) is 9.39. The Morgan fingerprint density at radius 2 is 0.750 bits per heavy atom. The van der Waals surface area contributed by atoms with Crippen molar-refractivity contribution >= 4 is 23.2 Å². The maximum atomic E-state index is 3.76. The minimum absolute atomic E-state index is 0. The molecule has 0 fully saturated rings. The molecule has 0 radical (unpaired) electrons. The van der Waals surface area contributed by atoms with E-state index in [1.54, 1.807) is 0 Å². The molecular weight excluding hydrogens is 423 g/mol.